The van der Waals surface area contributed by atoms with E-state index in [2.05, 4.69) is 4.90 Å². The second-order valence-electron chi connectivity index (χ2n) is 5.53. The first-order chi connectivity index (χ1) is 11.3. The first-order valence-electron chi connectivity index (χ1n) is 8.07. The Morgan fingerprint density at radius 1 is 1.22 bits per heavy atom. The van der Waals surface area contributed by atoms with E-state index in [1.165, 1.54) is 0 Å². The van der Waals surface area contributed by atoms with Gasteiger partial charge in [-0.05, 0) is 36.8 Å². The zero-order valence-electron chi connectivity index (χ0n) is 13.4. The molecule has 0 unspecified atom stereocenters. The lowest BCUT2D eigenvalue weighted by Crippen LogP contribution is -2.37. The third-order valence-electron chi connectivity index (χ3n) is 3.89. The van der Waals surface area contributed by atoms with Crippen LogP contribution in [-0.4, -0.2) is 43.4 Å². The summed E-state index contributed by atoms with van der Waals surface area (Å²) in [5.74, 6) is -0.262. The number of nitrogens with zero attached hydrogens (tertiary/aromatic N) is 2. The molecule has 5 heteroatoms. The molecule has 0 spiro atoms. The van der Waals surface area contributed by atoms with Crippen LogP contribution in [0.3, 0.4) is 0 Å². The van der Waals surface area contributed by atoms with Gasteiger partial charge in [-0.3, -0.25) is 0 Å². The molecule has 1 aromatic carbocycles. The topological polar surface area (TPSA) is 43.7 Å². The molecular formula is C18H22N2O3. The van der Waals surface area contributed by atoms with E-state index in [-0.39, 0.29) is 5.97 Å². The highest BCUT2D eigenvalue weighted by Crippen LogP contribution is 2.26. The maximum atomic E-state index is 12.5. The first-order valence-corrected chi connectivity index (χ1v) is 8.07. The molecule has 1 aliphatic heterocycles. The van der Waals surface area contributed by atoms with E-state index < -0.39 is 0 Å². The lowest BCUT2D eigenvalue weighted by Gasteiger charge is -2.30. The van der Waals surface area contributed by atoms with E-state index in [1.807, 2.05) is 54.2 Å². The second kappa shape index (κ2) is 7.33. The number of morpholine rings is 1. The van der Waals surface area contributed by atoms with Crippen molar-refractivity contribution in [2.45, 2.75) is 13.3 Å². The van der Waals surface area contributed by atoms with Gasteiger partial charge in [0.05, 0.1) is 31.1 Å². The van der Waals surface area contributed by atoms with Gasteiger partial charge in [-0.2, -0.15) is 0 Å². The van der Waals surface area contributed by atoms with Crippen molar-refractivity contribution in [3.63, 3.8) is 0 Å². The van der Waals surface area contributed by atoms with Crippen LogP contribution in [0.4, 0.5) is 5.69 Å². The van der Waals surface area contributed by atoms with Crippen LogP contribution < -0.4 is 4.90 Å². The molecule has 0 saturated carbocycles. The van der Waals surface area contributed by atoms with E-state index in [4.69, 9.17) is 9.47 Å². The molecular weight excluding hydrogens is 292 g/mol. The van der Waals surface area contributed by atoms with E-state index in [1.54, 1.807) is 0 Å². The van der Waals surface area contributed by atoms with Gasteiger partial charge in [0.2, 0.25) is 0 Å². The van der Waals surface area contributed by atoms with Crippen LogP contribution in [0.5, 0.6) is 0 Å². The van der Waals surface area contributed by atoms with E-state index >= 15 is 0 Å². The Hall–Kier alpha value is -2.27. The van der Waals surface area contributed by atoms with Gasteiger partial charge < -0.3 is 18.9 Å². The van der Waals surface area contributed by atoms with Crippen LogP contribution in [0.25, 0.3) is 5.69 Å². The normalized spacial score (nSPS) is 14.7. The van der Waals surface area contributed by atoms with Crippen molar-refractivity contribution in [1.82, 2.24) is 4.57 Å². The van der Waals surface area contributed by atoms with Crippen LogP contribution in [-0.2, 0) is 9.47 Å². The maximum Gasteiger partial charge on any atom is 0.340 e. The van der Waals surface area contributed by atoms with Gasteiger partial charge in [-0.1, -0.05) is 6.92 Å². The monoisotopic (exact) mass is 314 g/mol. The Morgan fingerprint density at radius 3 is 2.65 bits per heavy atom. The average molecular weight is 314 g/mol. The number of benzene rings is 1. The van der Waals surface area contributed by atoms with Crippen molar-refractivity contribution in [3.05, 3.63) is 48.3 Å². The van der Waals surface area contributed by atoms with E-state index in [0.29, 0.717) is 25.4 Å². The molecule has 0 N–H and O–H groups in total. The molecule has 0 radical (unpaired) electrons. The minimum absolute atomic E-state index is 0.262. The molecule has 1 aliphatic rings. The summed E-state index contributed by atoms with van der Waals surface area (Å²) in [6.45, 7) is 5.38. The number of esters is 1. The summed E-state index contributed by atoms with van der Waals surface area (Å²) in [6, 6.07) is 9.86. The number of anilines is 1. The molecule has 122 valence electrons. The van der Waals surface area contributed by atoms with Gasteiger partial charge in [0.1, 0.15) is 0 Å². The first kappa shape index (κ1) is 15.6. The quantitative estimate of drug-likeness (QED) is 0.796. The summed E-state index contributed by atoms with van der Waals surface area (Å²) in [5.41, 5.74) is 2.49. The molecule has 3 rings (SSSR count). The Bertz CT molecular complexity index is 646. The Morgan fingerprint density at radius 2 is 1.96 bits per heavy atom. The van der Waals surface area contributed by atoms with Gasteiger partial charge in [-0.15, -0.1) is 0 Å². The number of hydrogen-bond donors (Lipinski definition) is 0. The summed E-state index contributed by atoms with van der Waals surface area (Å²) < 4.78 is 12.8. The SMILES string of the molecule is CCCOC(=O)c1cc(-n2cccc2)ccc1N1CCOCC1. The van der Waals surface area contributed by atoms with Crippen LogP contribution in [0.2, 0.25) is 0 Å². The van der Waals surface area contributed by atoms with Gasteiger partial charge in [0, 0.05) is 31.2 Å². The molecule has 2 heterocycles. The highest BCUT2D eigenvalue weighted by atomic mass is 16.5. The molecule has 5 nitrogen and oxygen atoms in total. The number of rotatable bonds is 5. The molecule has 1 saturated heterocycles. The lowest BCUT2D eigenvalue weighted by atomic mass is 10.1. The Balaban J connectivity index is 1.95. The molecule has 0 atom stereocenters. The molecule has 1 fully saturated rings. The summed E-state index contributed by atoms with van der Waals surface area (Å²) in [6.07, 6.45) is 4.74. The predicted molar refractivity (Wildman–Crippen MR) is 89.4 cm³/mol. The molecule has 23 heavy (non-hydrogen) atoms. The highest BCUT2D eigenvalue weighted by molar-refractivity contribution is 5.96. The third-order valence-corrected chi connectivity index (χ3v) is 3.89. The molecule has 0 bridgehead atoms. The number of carbonyl (C=O) groups is 1. The molecule has 0 amide bonds. The fourth-order valence-corrected chi connectivity index (χ4v) is 2.71. The van der Waals surface area contributed by atoms with Gasteiger partial charge in [0.25, 0.3) is 0 Å². The van der Waals surface area contributed by atoms with Crippen molar-refractivity contribution in [3.8, 4) is 5.69 Å². The average Bonchev–Trinajstić information content (AvgIpc) is 3.14. The van der Waals surface area contributed by atoms with Crippen molar-refractivity contribution < 1.29 is 14.3 Å². The molecule has 2 aromatic rings. The Labute approximate surface area is 136 Å². The van der Waals surface area contributed by atoms with Gasteiger partial charge in [0.15, 0.2) is 0 Å². The molecule has 0 aliphatic carbocycles. The number of hydrogen-bond acceptors (Lipinski definition) is 4. The largest absolute Gasteiger partial charge is 0.462 e. The lowest BCUT2D eigenvalue weighted by molar-refractivity contribution is 0.0505. The summed E-state index contributed by atoms with van der Waals surface area (Å²) in [4.78, 5) is 14.7. The van der Waals surface area contributed by atoms with Crippen molar-refractivity contribution in [1.29, 1.82) is 0 Å². The second-order valence-corrected chi connectivity index (χ2v) is 5.53. The fraction of sp³-hybridized carbons (Fsp3) is 0.389. The van der Waals surface area contributed by atoms with E-state index in [9.17, 15) is 4.79 Å². The summed E-state index contributed by atoms with van der Waals surface area (Å²) >= 11 is 0. The minimum Gasteiger partial charge on any atom is -0.462 e. The van der Waals surface area contributed by atoms with Gasteiger partial charge in [-0.25, -0.2) is 4.79 Å². The van der Waals surface area contributed by atoms with Crippen molar-refractivity contribution in [2.24, 2.45) is 0 Å². The standard InChI is InChI=1S/C18H22N2O3/c1-2-11-23-18(21)16-14-15(19-7-3-4-8-19)5-6-17(16)20-9-12-22-13-10-20/h3-8,14H,2,9-13H2,1H3. The van der Waals surface area contributed by atoms with Crippen LogP contribution in [0, 0.1) is 0 Å². The Kier molecular flexibility index (Phi) is 4.98. The smallest absolute Gasteiger partial charge is 0.340 e. The van der Waals surface area contributed by atoms with Crippen LogP contribution in [0.15, 0.2) is 42.7 Å². The van der Waals surface area contributed by atoms with Gasteiger partial charge >= 0.3 is 5.97 Å². The summed E-state index contributed by atoms with van der Waals surface area (Å²) in [7, 11) is 0. The van der Waals surface area contributed by atoms with Crippen molar-refractivity contribution in [2.75, 3.05) is 37.8 Å². The number of carbonyl (C=O) groups excluding carboxylic acids is 1. The number of ether oxygens (including phenoxy) is 2. The van der Waals surface area contributed by atoms with Crippen LogP contribution >= 0.6 is 0 Å². The summed E-state index contributed by atoms with van der Waals surface area (Å²) in [5, 5.41) is 0. The van der Waals surface area contributed by atoms with E-state index in [0.717, 1.165) is 30.9 Å². The maximum absolute atomic E-state index is 12.5. The fourth-order valence-electron chi connectivity index (χ4n) is 2.71. The zero-order chi connectivity index (χ0) is 16.1. The van der Waals surface area contributed by atoms with Crippen LogP contribution in [0.1, 0.15) is 23.7 Å². The zero-order valence-corrected chi connectivity index (χ0v) is 13.4. The van der Waals surface area contributed by atoms with Crippen molar-refractivity contribution >= 4 is 11.7 Å². The number of aromatic nitrogens is 1. The third kappa shape index (κ3) is 3.56. The molecule has 1 aromatic heterocycles. The minimum atomic E-state index is -0.262. The highest BCUT2D eigenvalue weighted by Gasteiger charge is 2.20. The predicted octanol–water partition coefficient (Wildman–Crippen LogP) is 2.88.